The van der Waals surface area contributed by atoms with Gasteiger partial charge < -0.3 is 20.3 Å². The lowest BCUT2D eigenvalue weighted by molar-refractivity contribution is 0.0183. The topological polar surface area (TPSA) is 91.7 Å². The molecule has 0 fully saturated rings. The number of amides is 1. The van der Waals surface area contributed by atoms with Gasteiger partial charge in [-0.1, -0.05) is 59.6 Å². The van der Waals surface area contributed by atoms with Crippen molar-refractivity contribution >= 4 is 29.3 Å². The minimum absolute atomic E-state index is 0.0132. The monoisotopic (exact) mass is 370 g/mol. The molecule has 1 amide bonds. The van der Waals surface area contributed by atoms with Crippen molar-refractivity contribution < 1.29 is 19.7 Å². The Morgan fingerprint density at radius 3 is 2.54 bits per heavy atom. The van der Waals surface area contributed by atoms with E-state index in [1.165, 1.54) is 12.1 Å². The first-order chi connectivity index (χ1) is 11.5. The highest BCUT2D eigenvalue weighted by Gasteiger charge is 2.22. The molecule has 1 heterocycles. The number of pyridine rings is 1. The summed E-state index contributed by atoms with van der Waals surface area (Å²) in [5, 5.41) is 22.6. The predicted molar refractivity (Wildman–Crippen MR) is 89.9 cm³/mol. The second-order valence-electron chi connectivity index (χ2n) is 4.97. The van der Waals surface area contributed by atoms with Gasteiger partial charge in [0, 0.05) is 12.1 Å². The fourth-order valence-electron chi connectivity index (χ4n) is 1.92. The Balaban J connectivity index is 1.81. The number of aromatic nitrogens is 1. The highest BCUT2D eigenvalue weighted by atomic mass is 35.5. The van der Waals surface area contributed by atoms with E-state index < -0.39 is 18.3 Å². The van der Waals surface area contributed by atoms with Gasteiger partial charge in [0.1, 0.15) is 29.1 Å². The quantitative estimate of drug-likeness (QED) is 0.680. The zero-order valence-corrected chi connectivity index (χ0v) is 14.0. The number of benzene rings is 1. The molecule has 1 aromatic heterocycles. The van der Waals surface area contributed by atoms with Gasteiger partial charge in [0.05, 0.1) is 0 Å². The van der Waals surface area contributed by atoms with E-state index >= 15 is 0 Å². The van der Waals surface area contributed by atoms with Crippen molar-refractivity contribution in [2.24, 2.45) is 0 Å². The van der Waals surface area contributed by atoms with Gasteiger partial charge in [0.2, 0.25) is 0 Å². The van der Waals surface area contributed by atoms with Crippen molar-refractivity contribution in [2.75, 3.05) is 6.54 Å². The fourth-order valence-corrected chi connectivity index (χ4v) is 2.38. The Labute approximate surface area is 149 Å². The van der Waals surface area contributed by atoms with Gasteiger partial charge in [-0.2, -0.15) is 0 Å². The lowest BCUT2D eigenvalue weighted by atomic mass is 10.1. The normalized spacial score (nSPS) is 13.2. The Morgan fingerprint density at radius 1 is 1.17 bits per heavy atom. The third kappa shape index (κ3) is 5.35. The van der Waals surface area contributed by atoms with Crippen LogP contribution >= 0.6 is 23.2 Å². The van der Waals surface area contributed by atoms with Crippen LogP contribution < -0.4 is 5.32 Å². The first kappa shape index (κ1) is 18.5. The average Bonchev–Trinajstić information content (AvgIpc) is 2.58. The molecule has 24 heavy (non-hydrogen) atoms. The molecule has 0 aliphatic carbocycles. The van der Waals surface area contributed by atoms with Crippen LogP contribution in [-0.2, 0) is 11.3 Å². The number of hydrogen-bond acceptors (Lipinski definition) is 5. The van der Waals surface area contributed by atoms with E-state index in [2.05, 4.69) is 10.3 Å². The summed E-state index contributed by atoms with van der Waals surface area (Å²) in [5.74, 6) is 0. The minimum atomic E-state index is -1.32. The zero-order valence-electron chi connectivity index (χ0n) is 12.5. The molecular formula is C16H16Cl2N2O4. The van der Waals surface area contributed by atoms with Gasteiger partial charge >= 0.3 is 6.09 Å². The Morgan fingerprint density at radius 2 is 1.88 bits per heavy atom. The van der Waals surface area contributed by atoms with Crippen molar-refractivity contribution in [1.29, 1.82) is 0 Å². The SMILES string of the molecule is O=C(NCC(O)C(O)c1ccc(Cl)nc1Cl)OCc1ccccc1. The Bertz CT molecular complexity index is 685. The second-order valence-corrected chi connectivity index (χ2v) is 5.71. The fraction of sp³-hybridized carbons (Fsp3) is 0.250. The van der Waals surface area contributed by atoms with Gasteiger partial charge in [0.25, 0.3) is 0 Å². The van der Waals surface area contributed by atoms with Crippen LogP contribution in [0.2, 0.25) is 10.3 Å². The van der Waals surface area contributed by atoms with Crippen molar-refractivity contribution in [3.8, 4) is 0 Å². The predicted octanol–water partition coefficient (Wildman–Crippen LogP) is 2.71. The van der Waals surface area contributed by atoms with E-state index in [1.807, 2.05) is 30.3 Å². The summed E-state index contributed by atoms with van der Waals surface area (Å²) < 4.78 is 5.00. The first-order valence-electron chi connectivity index (χ1n) is 7.10. The molecule has 2 unspecified atom stereocenters. The second kappa shape index (κ2) is 8.84. The molecule has 0 spiro atoms. The smallest absolute Gasteiger partial charge is 0.407 e. The van der Waals surface area contributed by atoms with Crippen LogP contribution in [0.4, 0.5) is 4.79 Å². The average molecular weight is 371 g/mol. The molecule has 0 radical (unpaired) electrons. The summed E-state index contributed by atoms with van der Waals surface area (Å²) in [6.45, 7) is -0.105. The number of ether oxygens (including phenoxy) is 1. The lowest BCUT2D eigenvalue weighted by Crippen LogP contribution is -2.35. The number of hydrogen-bond donors (Lipinski definition) is 3. The molecule has 3 N–H and O–H groups in total. The molecule has 1 aromatic carbocycles. The maximum atomic E-state index is 11.6. The molecule has 0 saturated carbocycles. The lowest BCUT2D eigenvalue weighted by Gasteiger charge is -2.19. The summed E-state index contributed by atoms with van der Waals surface area (Å²) >= 11 is 11.5. The van der Waals surface area contributed by atoms with Crippen molar-refractivity contribution in [1.82, 2.24) is 10.3 Å². The molecule has 128 valence electrons. The first-order valence-corrected chi connectivity index (χ1v) is 7.85. The molecule has 0 aliphatic rings. The molecular weight excluding hydrogens is 355 g/mol. The van der Waals surface area contributed by atoms with Crippen molar-refractivity contribution in [3.05, 3.63) is 63.9 Å². The molecule has 0 bridgehead atoms. The minimum Gasteiger partial charge on any atom is -0.445 e. The zero-order chi connectivity index (χ0) is 17.5. The van der Waals surface area contributed by atoms with Crippen LogP contribution in [0.15, 0.2) is 42.5 Å². The van der Waals surface area contributed by atoms with Crippen LogP contribution in [0.5, 0.6) is 0 Å². The van der Waals surface area contributed by atoms with Crippen LogP contribution in [0.25, 0.3) is 0 Å². The number of aliphatic hydroxyl groups is 2. The summed E-state index contributed by atoms with van der Waals surface area (Å²) in [6.07, 6.45) is -3.31. The van der Waals surface area contributed by atoms with Gasteiger partial charge in [-0.15, -0.1) is 0 Å². The van der Waals surface area contributed by atoms with E-state index in [0.29, 0.717) is 0 Å². The number of nitrogens with zero attached hydrogens (tertiary/aromatic N) is 1. The number of nitrogens with one attached hydrogen (secondary N) is 1. The summed E-state index contributed by atoms with van der Waals surface area (Å²) in [7, 11) is 0. The largest absolute Gasteiger partial charge is 0.445 e. The highest BCUT2D eigenvalue weighted by molar-refractivity contribution is 6.32. The molecule has 6 nitrogen and oxygen atoms in total. The van der Waals surface area contributed by atoms with E-state index in [0.717, 1.165) is 5.56 Å². The third-order valence-electron chi connectivity index (χ3n) is 3.19. The summed E-state index contributed by atoms with van der Waals surface area (Å²) in [6, 6.07) is 12.1. The number of rotatable bonds is 6. The van der Waals surface area contributed by atoms with Crippen LogP contribution in [0, 0.1) is 0 Å². The number of alkyl carbamates (subject to hydrolysis) is 1. The van der Waals surface area contributed by atoms with E-state index in [9.17, 15) is 15.0 Å². The Hall–Kier alpha value is -1.86. The maximum Gasteiger partial charge on any atom is 0.407 e. The van der Waals surface area contributed by atoms with E-state index in [4.69, 9.17) is 27.9 Å². The highest BCUT2D eigenvalue weighted by Crippen LogP contribution is 2.25. The maximum absolute atomic E-state index is 11.6. The Kier molecular flexibility index (Phi) is 6.81. The van der Waals surface area contributed by atoms with Gasteiger partial charge in [-0.25, -0.2) is 9.78 Å². The van der Waals surface area contributed by atoms with Gasteiger partial charge in [-0.3, -0.25) is 0 Å². The van der Waals surface area contributed by atoms with Crippen LogP contribution in [0.3, 0.4) is 0 Å². The third-order valence-corrected chi connectivity index (χ3v) is 3.71. The summed E-state index contributed by atoms with van der Waals surface area (Å²) in [4.78, 5) is 15.4. The van der Waals surface area contributed by atoms with E-state index in [1.54, 1.807) is 0 Å². The molecule has 0 aliphatic heterocycles. The standard InChI is InChI=1S/C16H16Cl2N2O4/c17-13-7-6-11(15(18)20-13)14(22)12(21)8-19-16(23)24-9-10-4-2-1-3-5-10/h1-7,12,14,21-22H,8-9H2,(H,19,23). The molecule has 8 heteroatoms. The van der Waals surface area contributed by atoms with Crippen molar-refractivity contribution in [3.63, 3.8) is 0 Å². The molecule has 2 aromatic rings. The van der Waals surface area contributed by atoms with Crippen molar-refractivity contribution in [2.45, 2.75) is 18.8 Å². The van der Waals surface area contributed by atoms with E-state index in [-0.39, 0.29) is 29.0 Å². The summed E-state index contributed by atoms with van der Waals surface area (Å²) in [5.41, 5.74) is 1.06. The van der Waals surface area contributed by atoms with Gasteiger partial charge in [0.15, 0.2) is 0 Å². The number of carbonyl (C=O) groups excluding carboxylic acids is 1. The molecule has 2 rings (SSSR count). The van der Waals surface area contributed by atoms with Gasteiger partial charge in [-0.05, 0) is 11.6 Å². The molecule has 0 saturated heterocycles. The molecule has 2 atom stereocenters. The number of aliphatic hydroxyl groups excluding tert-OH is 2. The number of carbonyl (C=O) groups is 1. The van der Waals surface area contributed by atoms with Crippen LogP contribution in [-0.4, -0.2) is 33.9 Å². The number of halogens is 2. The van der Waals surface area contributed by atoms with Crippen LogP contribution in [0.1, 0.15) is 17.2 Å².